The molecule has 1 unspecified atom stereocenters. The molecule has 0 radical (unpaired) electrons. The molecule has 0 bridgehead atoms. The monoisotopic (exact) mass is 297 g/mol. The lowest BCUT2D eigenvalue weighted by Gasteiger charge is -2.40. The Morgan fingerprint density at radius 2 is 1.76 bits per heavy atom. The molecule has 2 saturated heterocycles. The Morgan fingerprint density at radius 1 is 1.10 bits per heavy atom. The van der Waals surface area contributed by atoms with Crippen LogP contribution in [0.2, 0.25) is 0 Å². The number of amides is 1. The van der Waals surface area contributed by atoms with Crippen LogP contribution in [0, 0.1) is 0 Å². The highest BCUT2D eigenvalue weighted by atomic mass is 16.6. The first-order chi connectivity index (χ1) is 9.86. The van der Waals surface area contributed by atoms with Crippen LogP contribution in [0.5, 0.6) is 0 Å². The van der Waals surface area contributed by atoms with Crippen molar-refractivity contribution in [2.24, 2.45) is 5.73 Å². The number of nitrogens with zero attached hydrogens (tertiary/aromatic N) is 2. The van der Waals surface area contributed by atoms with E-state index in [1.165, 1.54) is 12.8 Å². The van der Waals surface area contributed by atoms with Gasteiger partial charge >= 0.3 is 6.09 Å². The van der Waals surface area contributed by atoms with Gasteiger partial charge in [0.2, 0.25) is 0 Å². The first kappa shape index (κ1) is 16.6. The highest BCUT2D eigenvalue weighted by Crippen LogP contribution is 2.31. The van der Waals surface area contributed by atoms with Crippen molar-refractivity contribution in [2.75, 3.05) is 32.7 Å². The van der Waals surface area contributed by atoms with Crippen molar-refractivity contribution >= 4 is 6.09 Å². The summed E-state index contributed by atoms with van der Waals surface area (Å²) < 4.78 is 5.50. The summed E-state index contributed by atoms with van der Waals surface area (Å²) in [5.41, 5.74) is 5.80. The van der Waals surface area contributed by atoms with Crippen LogP contribution in [0.3, 0.4) is 0 Å². The van der Waals surface area contributed by atoms with Crippen molar-refractivity contribution in [3.8, 4) is 0 Å². The van der Waals surface area contributed by atoms with Gasteiger partial charge in [0.05, 0.1) is 0 Å². The molecule has 0 saturated carbocycles. The molecule has 2 aliphatic rings. The second kappa shape index (κ2) is 6.53. The van der Waals surface area contributed by atoms with E-state index >= 15 is 0 Å². The molecule has 1 amide bonds. The van der Waals surface area contributed by atoms with E-state index < -0.39 is 5.60 Å². The third-order valence-corrected chi connectivity index (χ3v) is 4.73. The number of carbonyl (C=O) groups is 1. The molecular weight excluding hydrogens is 266 g/mol. The van der Waals surface area contributed by atoms with E-state index in [9.17, 15) is 4.79 Å². The Hall–Kier alpha value is -0.810. The molecule has 2 fully saturated rings. The normalized spacial score (nSPS) is 28.5. The third-order valence-electron chi connectivity index (χ3n) is 4.73. The van der Waals surface area contributed by atoms with Crippen molar-refractivity contribution in [1.82, 2.24) is 9.80 Å². The van der Waals surface area contributed by atoms with Crippen LogP contribution >= 0.6 is 0 Å². The number of rotatable bonds is 2. The smallest absolute Gasteiger partial charge is 0.410 e. The molecule has 0 aromatic carbocycles. The summed E-state index contributed by atoms with van der Waals surface area (Å²) >= 11 is 0. The summed E-state index contributed by atoms with van der Waals surface area (Å²) in [6, 6.07) is 0. The van der Waals surface area contributed by atoms with Gasteiger partial charge in [0, 0.05) is 25.2 Å². The zero-order valence-electron chi connectivity index (χ0n) is 13.9. The summed E-state index contributed by atoms with van der Waals surface area (Å²) in [6.07, 6.45) is 5.42. The second-order valence-electron chi connectivity index (χ2n) is 7.44. The van der Waals surface area contributed by atoms with Crippen molar-refractivity contribution in [3.63, 3.8) is 0 Å². The van der Waals surface area contributed by atoms with Gasteiger partial charge in [-0.05, 0) is 66.0 Å². The fraction of sp³-hybridized carbons (Fsp3) is 0.938. The van der Waals surface area contributed by atoms with Crippen molar-refractivity contribution < 1.29 is 9.53 Å². The average Bonchev–Trinajstić information content (AvgIpc) is 2.84. The molecule has 2 rings (SSSR count). The SMILES string of the molecule is CC(C)(C)OC(=O)N1CCCC(CN)(N2CCCC2)CC1. The zero-order chi connectivity index (χ0) is 15.5. The van der Waals surface area contributed by atoms with E-state index in [4.69, 9.17) is 10.5 Å². The minimum absolute atomic E-state index is 0.0905. The Labute approximate surface area is 128 Å². The average molecular weight is 297 g/mol. The van der Waals surface area contributed by atoms with E-state index in [-0.39, 0.29) is 11.6 Å². The van der Waals surface area contributed by atoms with E-state index in [0.717, 1.165) is 45.4 Å². The summed E-state index contributed by atoms with van der Waals surface area (Å²) in [7, 11) is 0. The molecule has 2 aliphatic heterocycles. The third kappa shape index (κ3) is 4.10. The lowest BCUT2D eigenvalue weighted by Crippen LogP contribution is -2.53. The van der Waals surface area contributed by atoms with Crippen molar-refractivity contribution in [1.29, 1.82) is 0 Å². The zero-order valence-corrected chi connectivity index (χ0v) is 13.9. The molecule has 0 spiro atoms. The van der Waals surface area contributed by atoms with Gasteiger partial charge in [0.15, 0.2) is 0 Å². The van der Waals surface area contributed by atoms with E-state index in [0.29, 0.717) is 6.54 Å². The maximum absolute atomic E-state index is 12.2. The lowest BCUT2D eigenvalue weighted by atomic mass is 9.89. The predicted molar refractivity (Wildman–Crippen MR) is 84.3 cm³/mol. The van der Waals surface area contributed by atoms with Crippen LogP contribution in [-0.2, 0) is 4.74 Å². The van der Waals surface area contributed by atoms with Crippen LogP contribution < -0.4 is 5.73 Å². The Morgan fingerprint density at radius 3 is 2.33 bits per heavy atom. The second-order valence-corrected chi connectivity index (χ2v) is 7.44. The van der Waals surface area contributed by atoms with E-state index in [1.807, 2.05) is 25.7 Å². The molecule has 21 heavy (non-hydrogen) atoms. The van der Waals surface area contributed by atoms with E-state index in [1.54, 1.807) is 0 Å². The summed E-state index contributed by atoms with van der Waals surface area (Å²) in [5, 5.41) is 0. The minimum atomic E-state index is -0.427. The Bertz CT molecular complexity index is 361. The van der Waals surface area contributed by atoms with Gasteiger partial charge in [-0.25, -0.2) is 4.79 Å². The molecule has 1 atom stereocenters. The highest BCUT2D eigenvalue weighted by Gasteiger charge is 2.39. The van der Waals surface area contributed by atoms with Crippen LogP contribution in [0.25, 0.3) is 0 Å². The minimum Gasteiger partial charge on any atom is -0.444 e. The summed E-state index contributed by atoms with van der Waals surface area (Å²) in [4.78, 5) is 16.7. The van der Waals surface area contributed by atoms with Gasteiger partial charge in [0.25, 0.3) is 0 Å². The molecule has 2 N–H and O–H groups in total. The first-order valence-electron chi connectivity index (χ1n) is 8.29. The number of carbonyl (C=O) groups excluding carboxylic acids is 1. The fourth-order valence-electron chi connectivity index (χ4n) is 3.53. The molecule has 0 aromatic heterocycles. The molecule has 0 aromatic rings. The van der Waals surface area contributed by atoms with Gasteiger partial charge in [0.1, 0.15) is 5.60 Å². The standard InChI is InChI=1S/C16H31N3O2/c1-15(2,3)21-14(20)18-9-6-7-16(13-17,8-12-18)19-10-4-5-11-19/h4-13,17H2,1-3H3. The van der Waals surface area contributed by atoms with Gasteiger partial charge in [-0.1, -0.05) is 0 Å². The lowest BCUT2D eigenvalue weighted by molar-refractivity contribution is 0.0243. The number of hydrogen-bond donors (Lipinski definition) is 1. The molecule has 5 heteroatoms. The summed E-state index contributed by atoms with van der Waals surface area (Å²) in [6.45, 7) is 10.3. The van der Waals surface area contributed by atoms with Crippen LogP contribution in [0.15, 0.2) is 0 Å². The van der Waals surface area contributed by atoms with Gasteiger partial charge in [-0.3, -0.25) is 4.90 Å². The van der Waals surface area contributed by atoms with Gasteiger partial charge < -0.3 is 15.4 Å². The molecule has 0 aliphatic carbocycles. The highest BCUT2D eigenvalue weighted by molar-refractivity contribution is 5.68. The molecular formula is C16H31N3O2. The fourth-order valence-corrected chi connectivity index (χ4v) is 3.53. The topological polar surface area (TPSA) is 58.8 Å². The Kier molecular flexibility index (Phi) is 5.15. The first-order valence-corrected chi connectivity index (χ1v) is 8.29. The number of hydrogen-bond acceptors (Lipinski definition) is 4. The van der Waals surface area contributed by atoms with Gasteiger partial charge in [-0.2, -0.15) is 0 Å². The number of nitrogens with two attached hydrogens (primary N) is 1. The maximum atomic E-state index is 12.2. The quantitative estimate of drug-likeness (QED) is 0.849. The predicted octanol–water partition coefficient (Wildman–Crippen LogP) is 2.20. The number of ether oxygens (including phenoxy) is 1. The Balaban J connectivity index is 1.98. The van der Waals surface area contributed by atoms with E-state index in [2.05, 4.69) is 4.90 Å². The summed E-state index contributed by atoms with van der Waals surface area (Å²) in [5.74, 6) is 0. The largest absolute Gasteiger partial charge is 0.444 e. The molecule has 122 valence electrons. The van der Waals surface area contributed by atoms with Gasteiger partial charge in [-0.15, -0.1) is 0 Å². The van der Waals surface area contributed by atoms with Crippen molar-refractivity contribution in [3.05, 3.63) is 0 Å². The molecule has 2 heterocycles. The number of likely N-dealkylation sites (tertiary alicyclic amines) is 2. The van der Waals surface area contributed by atoms with Crippen molar-refractivity contribution in [2.45, 2.75) is 64.0 Å². The van der Waals surface area contributed by atoms with Crippen LogP contribution in [-0.4, -0.2) is 59.8 Å². The van der Waals surface area contributed by atoms with Crippen LogP contribution in [0.4, 0.5) is 4.79 Å². The maximum Gasteiger partial charge on any atom is 0.410 e. The van der Waals surface area contributed by atoms with Crippen LogP contribution in [0.1, 0.15) is 52.9 Å². The molecule has 5 nitrogen and oxygen atoms in total.